The van der Waals surface area contributed by atoms with Crippen LogP contribution in [0.1, 0.15) is 45.9 Å². The molecule has 2 atom stereocenters. The summed E-state index contributed by atoms with van der Waals surface area (Å²) >= 11 is 3.51. The first-order chi connectivity index (χ1) is 8.54. The van der Waals surface area contributed by atoms with Crippen molar-refractivity contribution >= 4 is 15.9 Å². The van der Waals surface area contributed by atoms with Crippen molar-refractivity contribution in [3.05, 3.63) is 22.6 Å². The van der Waals surface area contributed by atoms with Crippen LogP contribution in [0.15, 0.2) is 21.2 Å². The van der Waals surface area contributed by atoms with Crippen molar-refractivity contribution in [2.24, 2.45) is 5.84 Å². The average Bonchev–Trinajstić information content (AvgIpc) is 2.78. The standard InChI is InChI=1S/C13H24BrN3O/c1-5-13(4,17(6-2)7-3)12(16-15)11-10(14)8-9-18-11/h8-9,12,16H,5-7,15H2,1-4H3. The Bertz CT molecular complexity index is 365. The van der Waals surface area contributed by atoms with E-state index in [9.17, 15) is 0 Å². The molecule has 2 unspecified atom stereocenters. The number of hydrazine groups is 1. The molecule has 1 rings (SSSR count). The van der Waals surface area contributed by atoms with E-state index in [1.165, 1.54) is 0 Å². The Morgan fingerprint density at radius 3 is 2.39 bits per heavy atom. The summed E-state index contributed by atoms with van der Waals surface area (Å²) < 4.78 is 6.54. The summed E-state index contributed by atoms with van der Waals surface area (Å²) in [6.45, 7) is 10.7. The van der Waals surface area contributed by atoms with Crippen LogP contribution in [0.3, 0.4) is 0 Å². The van der Waals surface area contributed by atoms with Crippen LogP contribution in [0, 0.1) is 0 Å². The molecule has 1 heterocycles. The molecule has 0 saturated carbocycles. The van der Waals surface area contributed by atoms with E-state index in [1.54, 1.807) is 6.26 Å². The van der Waals surface area contributed by atoms with Crippen molar-refractivity contribution in [3.8, 4) is 0 Å². The first-order valence-electron chi connectivity index (χ1n) is 6.49. The SMILES string of the molecule is CCN(CC)C(C)(CC)C(NN)c1occc1Br. The normalized spacial score (nSPS) is 16.8. The maximum absolute atomic E-state index is 5.78. The molecule has 0 aliphatic heterocycles. The maximum Gasteiger partial charge on any atom is 0.138 e. The number of nitrogens with one attached hydrogen (secondary N) is 1. The molecular formula is C13H24BrN3O. The van der Waals surface area contributed by atoms with Gasteiger partial charge in [0.2, 0.25) is 0 Å². The Labute approximate surface area is 118 Å². The zero-order chi connectivity index (χ0) is 13.8. The largest absolute Gasteiger partial charge is 0.466 e. The third kappa shape index (κ3) is 2.79. The minimum absolute atomic E-state index is 0.0493. The summed E-state index contributed by atoms with van der Waals surface area (Å²) in [5.41, 5.74) is 2.84. The van der Waals surface area contributed by atoms with Crippen LogP contribution in [0.4, 0.5) is 0 Å². The molecule has 0 aliphatic carbocycles. The molecule has 4 nitrogen and oxygen atoms in total. The van der Waals surface area contributed by atoms with E-state index < -0.39 is 0 Å². The van der Waals surface area contributed by atoms with Gasteiger partial charge in [-0.05, 0) is 48.4 Å². The number of rotatable bonds is 7. The molecular weight excluding hydrogens is 294 g/mol. The Hall–Kier alpha value is -0.360. The second kappa shape index (κ2) is 6.70. The van der Waals surface area contributed by atoms with Crippen molar-refractivity contribution in [1.29, 1.82) is 0 Å². The van der Waals surface area contributed by atoms with Crippen LogP contribution in [0.5, 0.6) is 0 Å². The number of hydrogen-bond donors (Lipinski definition) is 2. The predicted octanol–water partition coefficient (Wildman–Crippen LogP) is 3.06. The van der Waals surface area contributed by atoms with Crippen molar-refractivity contribution < 1.29 is 4.42 Å². The molecule has 0 aliphatic rings. The van der Waals surface area contributed by atoms with Gasteiger partial charge in [0.25, 0.3) is 0 Å². The van der Waals surface area contributed by atoms with E-state index in [1.807, 2.05) is 6.07 Å². The molecule has 1 aromatic heterocycles. The third-order valence-electron chi connectivity index (χ3n) is 3.90. The summed E-state index contributed by atoms with van der Waals surface area (Å²) in [5.74, 6) is 6.64. The minimum Gasteiger partial charge on any atom is -0.466 e. The van der Waals surface area contributed by atoms with Gasteiger partial charge in [-0.25, -0.2) is 5.43 Å². The summed E-state index contributed by atoms with van der Waals surface area (Å²) in [6.07, 6.45) is 2.67. The van der Waals surface area contributed by atoms with Gasteiger partial charge in [-0.15, -0.1) is 0 Å². The van der Waals surface area contributed by atoms with E-state index >= 15 is 0 Å². The lowest BCUT2D eigenvalue weighted by Crippen LogP contribution is -2.55. The number of furan rings is 1. The summed E-state index contributed by atoms with van der Waals surface area (Å²) in [4.78, 5) is 2.41. The van der Waals surface area contributed by atoms with Crippen LogP contribution in [-0.2, 0) is 0 Å². The highest BCUT2D eigenvalue weighted by molar-refractivity contribution is 9.10. The number of halogens is 1. The highest BCUT2D eigenvalue weighted by Gasteiger charge is 2.40. The molecule has 1 aromatic rings. The van der Waals surface area contributed by atoms with Crippen molar-refractivity contribution in [3.63, 3.8) is 0 Å². The zero-order valence-electron chi connectivity index (χ0n) is 11.7. The molecule has 3 N–H and O–H groups in total. The lowest BCUT2D eigenvalue weighted by molar-refractivity contribution is 0.0610. The van der Waals surface area contributed by atoms with Crippen LogP contribution in [0.2, 0.25) is 0 Å². The first kappa shape index (κ1) is 15.7. The maximum atomic E-state index is 5.78. The van der Waals surface area contributed by atoms with Gasteiger partial charge in [0, 0.05) is 5.54 Å². The Morgan fingerprint density at radius 2 is 2.06 bits per heavy atom. The Balaban J connectivity index is 3.14. The molecule has 0 amide bonds. The second-order valence-corrected chi connectivity index (χ2v) is 5.47. The van der Waals surface area contributed by atoms with E-state index in [2.05, 4.69) is 54.0 Å². The smallest absolute Gasteiger partial charge is 0.138 e. The van der Waals surface area contributed by atoms with Crippen molar-refractivity contribution in [1.82, 2.24) is 10.3 Å². The lowest BCUT2D eigenvalue weighted by Gasteiger charge is -2.44. The molecule has 104 valence electrons. The van der Waals surface area contributed by atoms with Gasteiger partial charge in [0.15, 0.2) is 0 Å². The van der Waals surface area contributed by atoms with Crippen LogP contribution in [-0.4, -0.2) is 23.5 Å². The number of nitrogens with two attached hydrogens (primary N) is 1. The molecule has 0 spiro atoms. The van der Waals surface area contributed by atoms with Crippen molar-refractivity contribution in [2.75, 3.05) is 13.1 Å². The highest BCUT2D eigenvalue weighted by Crippen LogP contribution is 2.37. The number of likely N-dealkylation sites (N-methyl/N-ethyl adjacent to an activating group) is 1. The van der Waals surface area contributed by atoms with Crippen molar-refractivity contribution in [2.45, 2.75) is 45.7 Å². The molecule has 0 bridgehead atoms. The molecule has 0 fully saturated rings. The van der Waals surface area contributed by atoms with Gasteiger partial charge in [0.1, 0.15) is 5.76 Å². The zero-order valence-corrected chi connectivity index (χ0v) is 13.3. The molecule has 18 heavy (non-hydrogen) atoms. The molecule has 5 heteroatoms. The Morgan fingerprint density at radius 1 is 1.44 bits per heavy atom. The summed E-state index contributed by atoms with van der Waals surface area (Å²) in [7, 11) is 0. The molecule has 0 radical (unpaired) electrons. The van der Waals surface area contributed by atoms with Gasteiger partial charge < -0.3 is 4.42 Å². The van der Waals surface area contributed by atoms with E-state index in [-0.39, 0.29) is 11.6 Å². The monoisotopic (exact) mass is 317 g/mol. The lowest BCUT2D eigenvalue weighted by atomic mass is 9.86. The number of nitrogens with zero attached hydrogens (tertiary/aromatic N) is 1. The Kier molecular flexibility index (Phi) is 5.85. The molecule has 0 aromatic carbocycles. The van der Waals surface area contributed by atoms with Gasteiger partial charge >= 0.3 is 0 Å². The molecule has 0 saturated heterocycles. The van der Waals surface area contributed by atoms with Crippen LogP contribution in [0.25, 0.3) is 0 Å². The first-order valence-corrected chi connectivity index (χ1v) is 7.28. The van der Waals surface area contributed by atoms with E-state index in [0.717, 1.165) is 29.7 Å². The highest BCUT2D eigenvalue weighted by atomic mass is 79.9. The van der Waals surface area contributed by atoms with Gasteiger partial charge in [0.05, 0.1) is 16.8 Å². The number of hydrogen-bond acceptors (Lipinski definition) is 4. The third-order valence-corrected chi connectivity index (χ3v) is 4.55. The van der Waals surface area contributed by atoms with Gasteiger partial charge in [-0.1, -0.05) is 20.8 Å². The van der Waals surface area contributed by atoms with Crippen LogP contribution < -0.4 is 11.3 Å². The quantitative estimate of drug-likeness (QED) is 0.599. The van der Waals surface area contributed by atoms with Gasteiger partial charge in [-0.3, -0.25) is 10.7 Å². The summed E-state index contributed by atoms with van der Waals surface area (Å²) in [6, 6.07) is 1.85. The fourth-order valence-corrected chi connectivity index (χ4v) is 3.04. The van der Waals surface area contributed by atoms with E-state index in [0.29, 0.717) is 0 Å². The predicted molar refractivity (Wildman–Crippen MR) is 78.1 cm³/mol. The van der Waals surface area contributed by atoms with Gasteiger partial charge in [-0.2, -0.15) is 0 Å². The summed E-state index contributed by atoms with van der Waals surface area (Å²) in [5, 5.41) is 0. The topological polar surface area (TPSA) is 54.4 Å². The van der Waals surface area contributed by atoms with E-state index in [4.69, 9.17) is 10.3 Å². The average molecular weight is 318 g/mol. The fraction of sp³-hybridized carbons (Fsp3) is 0.692. The van der Waals surface area contributed by atoms with Crippen LogP contribution >= 0.6 is 15.9 Å². The fourth-order valence-electron chi connectivity index (χ4n) is 2.61. The second-order valence-electron chi connectivity index (χ2n) is 4.62. The minimum atomic E-state index is -0.0847.